The molecule has 42 heavy (non-hydrogen) atoms. The molecule has 0 saturated heterocycles. The molecule has 0 spiro atoms. The van der Waals surface area contributed by atoms with Crippen LogP contribution in [0, 0.1) is 0 Å². The highest BCUT2D eigenvalue weighted by Crippen LogP contribution is 2.37. The Morgan fingerprint density at radius 2 is 1.90 bits per heavy atom. The van der Waals surface area contributed by atoms with Crippen LogP contribution in [-0.4, -0.2) is 38.5 Å². The van der Waals surface area contributed by atoms with E-state index in [1.54, 1.807) is 6.92 Å². The second-order valence-corrected chi connectivity index (χ2v) is 11.8. The maximum Gasteiger partial charge on any atom is 0.169 e. The van der Waals surface area contributed by atoms with Gasteiger partial charge >= 0.3 is 0 Å². The lowest BCUT2D eigenvalue weighted by molar-refractivity contribution is 0.102. The zero-order valence-electron chi connectivity index (χ0n) is 23.1. The largest absolute Gasteiger partial charge is 0.352 e. The maximum atomic E-state index is 11.9. The van der Waals surface area contributed by atoms with Gasteiger partial charge in [0.1, 0.15) is 5.69 Å². The molecule has 8 heteroatoms. The number of pyridine rings is 1. The lowest BCUT2D eigenvalue weighted by Crippen LogP contribution is -2.30. The predicted octanol–water partition coefficient (Wildman–Crippen LogP) is 6.87. The van der Waals surface area contributed by atoms with Crippen molar-refractivity contribution < 1.29 is 4.79 Å². The zero-order chi connectivity index (χ0) is 28.6. The summed E-state index contributed by atoms with van der Waals surface area (Å²) in [7, 11) is 0. The molecule has 0 amide bonds. The number of H-pyrrole nitrogens is 2. The summed E-state index contributed by atoms with van der Waals surface area (Å²) in [4.78, 5) is 21.6. The highest BCUT2D eigenvalue weighted by molar-refractivity contribution is 7.17. The molecule has 1 aliphatic rings. The molecular weight excluding hydrogens is 540 g/mol. The summed E-state index contributed by atoms with van der Waals surface area (Å²) in [5.74, 6) is 0.0698. The summed E-state index contributed by atoms with van der Waals surface area (Å²) in [6, 6.07) is 22.8. The summed E-state index contributed by atoms with van der Waals surface area (Å²) >= 11 is 1.49. The van der Waals surface area contributed by atoms with Crippen molar-refractivity contribution in [2.24, 2.45) is 5.73 Å². The number of nitrogens with zero attached hydrogens (tertiary/aromatic N) is 2. The number of rotatable bonds is 8. The fourth-order valence-electron chi connectivity index (χ4n) is 5.55. The fourth-order valence-corrected chi connectivity index (χ4v) is 6.47. The van der Waals surface area contributed by atoms with Crippen molar-refractivity contribution in [3.8, 4) is 21.8 Å². The Morgan fingerprint density at radius 3 is 2.74 bits per heavy atom. The van der Waals surface area contributed by atoms with E-state index in [4.69, 9.17) is 5.73 Å². The molecule has 0 saturated carbocycles. The topological polar surface area (TPSA) is 112 Å². The van der Waals surface area contributed by atoms with E-state index >= 15 is 0 Å². The van der Waals surface area contributed by atoms with E-state index in [0.717, 1.165) is 73.6 Å². The molecule has 7 nitrogen and oxygen atoms in total. The Hall–Kier alpha value is -4.63. The molecule has 4 aromatic heterocycles. The molecule has 7 rings (SSSR count). The minimum atomic E-state index is 0.00858. The van der Waals surface area contributed by atoms with Crippen molar-refractivity contribution in [3.63, 3.8) is 0 Å². The minimum Gasteiger partial charge on any atom is -0.352 e. The fraction of sp³-hybridized carbons (Fsp3) is 0.147. The first-order chi connectivity index (χ1) is 20.5. The van der Waals surface area contributed by atoms with E-state index in [0.29, 0.717) is 0 Å². The highest BCUT2D eigenvalue weighted by atomic mass is 32.1. The Kier molecular flexibility index (Phi) is 6.87. The van der Waals surface area contributed by atoms with Crippen molar-refractivity contribution in [1.29, 1.82) is 0 Å². The van der Waals surface area contributed by atoms with Crippen LogP contribution >= 0.6 is 11.3 Å². The maximum absolute atomic E-state index is 11.9. The van der Waals surface area contributed by atoms with Crippen LogP contribution in [0.5, 0.6) is 0 Å². The Morgan fingerprint density at radius 1 is 1.02 bits per heavy atom. The van der Waals surface area contributed by atoms with E-state index in [2.05, 4.69) is 86.2 Å². The number of carbonyl (C=O) groups is 1. The van der Waals surface area contributed by atoms with Crippen LogP contribution in [0.3, 0.4) is 0 Å². The molecule has 2 aromatic carbocycles. The number of aromatic amines is 2. The molecule has 1 atom stereocenters. The number of nitrogens with two attached hydrogens (primary N) is 1. The average Bonchev–Trinajstić information content (AvgIpc) is 3.76. The minimum absolute atomic E-state index is 0.00858. The van der Waals surface area contributed by atoms with Gasteiger partial charge in [0.15, 0.2) is 5.78 Å². The van der Waals surface area contributed by atoms with E-state index in [9.17, 15) is 4.79 Å². The molecule has 0 fully saturated rings. The van der Waals surface area contributed by atoms with Gasteiger partial charge < -0.3 is 16.0 Å². The normalized spacial score (nSPS) is 15.2. The molecule has 208 valence electrons. The number of aromatic nitrogens is 4. The third kappa shape index (κ3) is 5.00. The second kappa shape index (κ2) is 11.0. The molecule has 1 aliphatic carbocycles. The number of ketones is 1. The van der Waals surface area contributed by atoms with Crippen LogP contribution in [0.25, 0.3) is 49.2 Å². The average molecular weight is 571 g/mol. The first-order valence-electron chi connectivity index (χ1n) is 14.0. The monoisotopic (exact) mass is 570 g/mol. The SMILES string of the molecule is CC(=O)c1ccc(-c2cncc3[nH]c(-c4n[nH]c5ccc(C6=CC[C@H](N)C(CNCc7ccccc7)=C6)cc45)cc23)s1. The van der Waals surface area contributed by atoms with Gasteiger partial charge in [-0.25, -0.2) is 0 Å². The number of thiophene rings is 1. The third-order valence-corrected chi connectivity index (χ3v) is 9.04. The third-order valence-electron chi connectivity index (χ3n) is 7.83. The molecular formula is C34H30N6OS. The van der Waals surface area contributed by atoms with Crippen molar-refractivity contribution in [2.75, 3.05) is 6.54 Å². The number of Topliss-reactive ketones (excluding diaryl/α,β-unsaturated/α-hetero) is 1. The smallest absolute Gasteiger partial charge is 0.169 e. The van der Waals surface area contributed by atoms with Crippen LogP contribution in [0.1, 0.15) is 34.1 Å². The molecule has 5 N–H and O–H groups in total. The summed E-state index contributed by atoms with van der Waals surface area (Å²) < 4.78 is 0. The first-order valence-corrected chi connectivity index (χ1v) is 14.8. The summed E-state index contributed by atoms with van der Waals surface area (Å²) in [6.07, 6.45) is 8.94. The van der Waals surface area contributed by atoms with Crippen molar-refractivity contribution in [1.82, 2.24) is 25.5 Å². The van der Waals surface area contributed by atoms with Gasteiger partial charge in [-0.05, 0) is 65.9 Å². The van der Waals surface area contributed by atoms with Gasteiger partial charge in [-0.2, -0.15) is 5.10 Å². The zero-order valence-corrected chi connectivity index (χ0v) is 24.0. The number of fused-ring (bicyclic) bond motifs is 2. The lowest BCUT2D eigenvalue weighted by Gasteiger charge is -2.21. The Balaban J connectivity index is 1.19. The second-order valence-electron chi connectivity index (χ2n) is 10.7. The molecule has 0 unspecified atom stereocenters. The van der Waals surface area contributed by atoms with Gasteiger partial charge in [0.25, 0.3) is 0 Å². The van der Waals surface area contributed by atoms with Crippen molar-refractivity contribution >= 4 is 44.5 Å². The van der Waals surface area contributed by atoms with Gasteiger partial charge in [0, 0.05) is 46.5 Å². The van der Waals surface area contributed by atoms with Crippen LogP contribution in [-0.2, 0) is 6.54 Å². The van der Waals surface area contributed by atoms with Crippen LogP contribution in [0.4, 0.5) is 0 Å². The Bertz CT molecular complexity index is 1990. The summed E-state index contributed by atoms with van der Waals surface area (Å²) in [5, 5.41) is 13.5. The summed E-state index contributed by atoms with van der Waals surface area (Å²) in [5.41, 5.74) is 15.9. The number of hydrogen-bond donors (Lipinski definition) is 4. The van der Waals surface area contributed by atoms with Gasteiger partial charge in [0.05, 0.1) is 27.8 Å². The quantitative estimate of drug-likeness (QED) is 0.149. The van der Waals surface area contributed by atoms with Crippen molar-refractivity contribution in [3.05, 3.63) is 113 Å². The number of benzene rings is 2. The number of hydrogen-bond acceptors (Lipinski definition) is 6. The van der Waals surface area contributed by atoms with E-state index in [-0.39, 0.29) is 11.8 Å². The van der Waals surface area contributed by atoms with Gasteiger partial charge in [0.2, 0.25) is 0 Å². The van der Waals surface area contributed by atoms with Crippen LogP contribution in [0.15, 0.2) is 96.8 Å². The van der Waals surface area contributed by atoms with Crippen LogP contribution < -0.4 is 11.1 Å². The predicted molar refractivity (Wildman–Crippen MR) is 171 cm³/mol. The summed E-state index contributed by atoms with van der Waals surface area (Å²) in [6.45, 7) is 3.15. The first kappa shape index (κ1) is 26.3. The van der Waals surface area contributed by atoms with E-state index in [1.807, 2.05) is 30.6 Å². The van der Waals surface area contributed by atoms with E-state index < -0.39 is 0 Å². The number of allylic oxidation sites excluding steroid dienone is 2. The Labute approximate surface area is 247 Å². The van der Waals surface area contributed by atoms with Crippen LogP contribution in [0.2, 0.25) is 0 Å². The highest BCUT2D eigenvalue weighted by Gasteiger charge is 2.18. The van der Waals surface area contributed by atoms with E-state index in [1.165, 1.54) is 28.0 Å². The van der Waals surface area contributed by atoms with Crippen molar-refractivity contribution in [2.45, 2.75) is 25.9 Å². The molecule has 4 heterocycles. The number of carbonyl (C=O) groups excluding carboxylic acids is 1. The lowest BCUT2D eigenvalue weighted by atomic mass is 9.90. The van der Waals surface area contributed by atoms with Gasteiger partial charge in [-0.1, -0.05) is 48.6 Å². The molecule has 0 aliphatic heterocycles. The standard InChI is InChI=1S/C34H30N6OS/c1-20(41)32-11-12-33(42-32)27-18-37-19-31-25(27)15-30(38-31)34-26-14-23(8-10-29(26)39-40-34)22-7-9-28(35)24(13-22)17-36-16-21-5-3-2-4-6-21/h2-8,10-15,18-19,28,36,38H,9,16-17,35H2,1H3,(H,39,40)/t28-/m0/s1. The molecule has 0 radical (unpaired) electrons. The molecule has 6 aromatic rings. The number of nitrogens with one attached hydrogen (secondary N) is 3. The molecule has 0 bridgehead atoms. The van der Waals surface area contributed by atoms with Gasteiger partial charge in [-0.15, -0.1) is 11.3 Å². The van der Waals surface area contributed by atoms with Gasteiger partial charge in [-0.3, -0.25) is 14.9 Å².